The minimum atomic E-state index is -0.372. The number of carbonyl (C=O) groups excluding carboxylic acids is 1. The van der Waals surface area contributed by atoms with Crippen molar-refractivity contribution in [2.45, 2.75) is 25.6 Å². The molecule has 1 aliphatic rings. The largest absolute Gasteiger partial charge is 0.497 e. The van der Waals surface area contributed by atoms with Crippen molar-refractivity contribution in [3.8, 4) is 11.5 Å². The molecule has 0 spiro atoms. The van der Waals surface area contributed by atoms with Crippen molar-refractivity contribution in [1.29, 1.82) is 0 Å². The molecule has 1 saturated heterocycles. The lowest BCUT2D eigenvalue weighted by molar-refractivity contribution is -0.135. The van der Waals surface area contributed by atoms with E-state index in [1.54, 1.807) is 14.2 Å². The van der Waals surface area contributed by atoms with Crippen LogP contribution in [-0.4, -0.2) is 60.8 Å². The number of nitrogens with zero attached hydrogens (tertiary/aromatic N) is 2. The van der Waals surface area contributed by atoms with Crippen LogP contribution in [0.3, 0.4) is 0 Å². The van der Waals surface area contributed by atoms with E-state index in [9.17, 15) is 10.0 Å². The first kappa shape index (κ1) is 21.1. The lowest BCUT2D eigenvalue weighted by atomic mass is 10.1. The van der Waals surface area contributed by atoms with Gasteiger partial charge in [-0.05, 0) is 41.8 Å². The minimum absolute atomic E-state index is 0.357. The Morgan fingerprint density at radius 1 is 0.931 bits per heavy atom. The Bertz CT molecular complexity index is 780. The van der Waals surface area contributed by atoms with Gasteiger partial charge in [-0.2, -0.15) is 0 Å². The van der Waals surface area contributed by atoms with E-state index in [-0.39, 0.29) is 11.9 Å². The molecule has 2 aromatic rings. The highest BCUT2D eigenvalue weighted by molar-refractivity contribution is 5.80. The molecule has 7 heteroatoms. The zero-order chi connectivity index (χ0) is 20.6. The van der Waals surface area contributed by atoms with Crippen molar-refractivity contribution >= 4 is 5.91 Å². The molecular formula is C22H29N3O4. The molecule has 0 radical (unpaired) electrons. The quantitative estimate of drug-likeness (QED) is 0.550. The summed E-state index contributed by atoms with van der Waals surface area (Å²) in [4.78, 5) is 16.8. The van der Waals surface area contributed by atoms with E-state index in [2.05, 4.69) is 21.9 Å². The predicted molar refractivity (Wildman–Crippen MR) is 110 cm³/mol. The molecular weight excluding hydrogens is 370 g/mol. The fraction of sp³-hybridized carbons (Fsp3) is 0.409. The Kier molecular flexibility index (Phi) is 7.46. The molecule has 29 heavy (non-hydrogen) atoms. The summed E-state index contributed by atoms with van der Waals surface area (Å²) in [6, 6.07) is 15.5. The van der Waals surface area contributed by atoms with Crippen molar-refractivity contribution in [2.75, 3.05) is 33.9 Å². The molecule has 0 aliphatic carbocycles. The van der Waals surface area contributed by atoms with Crippen LogP contribution in [0.4, 0.5) is 0 Å². The maximum Gasteiger partial charge on any atom is 0.260 e. The van der Waals surface area contributed by atoms with Crippen molar-refractivity contribution in [3.63, 3.8) is 0 Å². The number of carbonyl (C=O) groups is 1. The van der Waals surface area contributed by atoms with Gasteiger partial charge in [0.05, 0.1) is 20.3 Å². The van der Waals surface area contributed by atoms with Crippen LogP contribution in [0.2, 0.25) is 0 Å². The molecule has 1 unspecified atom stereocenters. The van der Waals surface area contributed by atoms with Crippen LogP contribution in [-0.2, 0) is 17.9 Å². The average molecular weight is 399 g/mol. The van der Waals surface area contributed by atoms with Crippen LogP contribution in [0.25, 0.3) is 0 Å². The first-order valence-corrected chi connectivity index (χ1v) is 9.79. The third-order valence-corrected chi connectivity index (χ3v) is 5.39. The molecule has 0 saturated carbocycles. The van der Waals surface area contributed by atoms with Gasteiger partial charge in [-0.15, -0.1) is 0 Å². The Morgan fingerprint density at radius 2 is 1.48 bits per heavy atom. The predicted octanol–water partition coefficient (Wildman–Crippen LogP) is 2.29. The highest BCUT2D eigenvalue weighted by atomic mass is 16.5. The maximum absolute atomic E-state index is 12.3. The van der Waals surface area contributed by atoms with E-state index in [4.69, 9.17) is 9.47 Å². The van der Waals surface area contributed by atoms with Gasteiger partial charge in [0.1, 0.15) is 11.5 Å². The lowest BCUT2D eigenvalue weighted by Crippen LogP contribution is -2.46. The van der Waals surface area contributed by atoms with Gasteiger partial charge < -0.3 is 9.47 Å². The first-order chi connectivity index (χ1) is 14.1. The topological polar surface area (TPSA) is 74.3 Å². The number of hydroxylamine groups is 1. The Balaban J connectivity index is 1.67. The molecule has 156 valence electrons. The van der Waals surface area contributed by atoms with E-state index < -0.39 is 0 Å². The van der Waals surface area contributed by atoms with Crippen molar-refractivity contribution in [2.24, 2.45) is 0 Å². The zero-order valence-electron chi connectivity index (χ0n) is 17.0. The van der Waals surface area contributed by atoms with Gasteiger partial charge in [-0.3, -0.25) is 19.8 Å². The van der Waals surface area contributed by atoms with Crippen LogP contribution in [0.1, 0.15) is 17.5 Å². The number of amides is 1. The number of hydrogen-bond donors (Lipinski definition) is 2. The second-order valence-electron chi connectivity index (χ2n) is 7.22. The summed E-state index contributed by atoms with van der Waals surface area (Å²) in [5.74, 6) is 1.29. The Morgan fingerprint density at radius 3 is 2.00 bits per heavy atom. The second kappa shape index (κ2) is 10.2. The smallest absolute Gasteiger partial charge is 0.260 e. The van der Waals surface area contributed by atoms with Gasteiger partial charge in [-0.1, -0.05) is 24.3 Å². The molecule has 3 rings (SSSR count). The fourth-order valence-electron chi connectivity index (χ4n) is 3.70. The first-order valence-electron chi connectivity index (χ1n) is 9.79. The van der Waals surface area contributed by atoms with E-state index >= 15 is 0 Å². The van der Waals surface area contributed by atoms with Gasteiger partial charge in [-0.25, -0.2) is 5.48 Å². The van der Waals surface area contributed by atoms with E-state index in [0.29, 0.717) is 13.0 Å². The maximum atomic E-state index is 12.3. The van der Waals surface area contributed by atoms with Crippen LogP contribution in [0.15, 0.2) is 48.5 Å². The summed E-state index contributed by atoms with van der Waals surface area (Å²) in [5.41, 5.74) is 4.15. The molecule has 2 N–H and O–H groups in total. The van der Waals surface area contributed by atoms with Gasteiger partial charge in [0.25, 0.3) is 5.91 Å². The number of methoxy groups -OCH3 is 2. The van der Waals surface area contributed by atoms with Gasteiger partial charge >= 0.3 is 0 Å². The third-order valence-electron chi connectivity index (χ3n) is 5.39. The Hall–Kier alpha value is -2.61. The summed E-state index contributed by atoms with van der Waals surface area (Å²) in [5, 5.41) is 9.21. The number of hydrogen-bond acceptors (Lipinski definition) is 6. The summed E-state index contributed by atoms with van der Waals surface area (Å²) in [6.45, 7) is 3.81. The van der Waals surface area contributed by atoms with Crippen LogP contribution >= 0.6 is 0 Å². The monoisotopic (exact) mass is 399 g/mol. The molecule has 1 aliphatic heterocycles. The van der Waals surface area contributed by atoms with E-state index in [1.165, 1.54) is 5.56 Å². The number of nitrogens with one attached hydrogen (secondary N) is 1. The lowest BCUT2D eigenvalue weighted by Gasteiger charge is -2.27. The van der Waals surface area contributed by atoms with Gasteiger partial charge in [0, 0.05) is 32.7 Å². The molecule has 1 amide bonds. The molecule has 1 heterocycles. The summed E-state index contributed by atoms with van der Waals surface area (Å²) >= 11 is 0. The number of benzene rings is 2. The van der Waals surface area contributed by atoms with Crippen LogP contribution in [0, 0.1) is 0 Å². The molecule has 1 fully saturated rings. The second-order valence-corrected chi connectivity index (χ2v) is 7.22. The van der Waals surface area contributed by atoms with Gasteiger partial charge in [0.2, 0.25) is 0 Å². The van der Waals surface area contributed by atoms with E-state index in [1.807, 2.05) is 41.9 Å². The Labute approximate surface area is 171 Å². The third kappa shape index (κ3) is 5.69. The SMILES string of the molecule is COc1ccc(CN2CCC(C(=O)NO)N(Cc3ccc(OC)cc3)CC2)cc1. The van der Waals surface area contributed by atoms with E-state index in [0.717, 1.165) is 43.2 Å². The number of ether oxygens (including phenoxy) is 2. The van der Waals surface area contributed by atoms with Crippen molar-refractivity contribution < 1.29 is 19.5 Å². The fourth-order valence-corrected chi connectivity index (χ4v) is 3.70. The van der Waals surface area contributed by atoms with Crippen LogP contribution < -0.4 is 15.0 Å². The number of rotatable bonds is 7. The van der Waals surface area contributed by atoms with Crippen molar-refractivity contribution in [3.05, 3.63) is 59.7 Å². The van der Waals surface area contributed by atoms with Crippen molar-refractivity contribution in [1.82, 2.24) is 15.3 Å². The van der Waals surface area contributed by atoms with Crippen LogP contribution in [0.5, 0.6) is 11.5 Å². The molecule has 2 aromatic carbocycles. The highest BCUT2D eigenvalue weighted by Crippen LogP contribution is 2.20. The molecule has 0 aromatic heterocycles. The van der Waals surface area contributed by atoms with Gasteiger partial charge in [0.15, 0.2) is 0 Å². The standard InChI is InChI=1S/C22H29N3O4/c1-28-19-7-3-17(4-8-19)15-24-12-11-21(22(26)23-27)25(14-13-24)16-18-5-9-20(29-2)10-6-18/h3-10,21,27H,11-16H2,1-2H3,(H,23,26). The molecule has 7 nitrogen and oxygen atoms in total. The minimum Gasteiger partial charge on any atom is -0.497 e. The summed E-state index contributed by atoms with van der Waals surface area (Å²) in [6.07, 6.45) is 0.651. The molecule has 0 bridgehead atoms. The summed E-state index contributed by atoms with van der Waals surface area (Å²) in [7, 11) is 3.30. The summed E-state index contributed by atoms with van der Waals surface area (Å²) < 4.78 is 10.4. The highest BCUT2D eigenvalue weighted by Gasteiger charge is 2.29. The average Bonchev–Trinajstić information content (AvgIpc) is 2.96. The zero-order valence-corrected chi connectivity index (χ0v) is 17.0. The normalized spacial score (nSPS) is 18.1. The molecule has 1 atom stereocenters.